The fraction of sp³-hybridized carbons (Fsp3) is 0.417. The number of aromatic nitrogens is 2. The van der Waals surface area contributed by atoms with Crippen molar-refractivity contribution in [3.8, 4) is 0 Å². The number of aryl methyl sites for hydroxylation is 2. The quantitative estimate of drug-likeness (QED) is 0.704. The maximum absolute atomic E-state index is 5.96. The second-order valence-electron chi connectivity index (χ2n) is 4.38. The van der Waals surface area contributed by atoms with Gasteiger partial charge in [0.1, 0.15) is 5.82 Å². The van der Waals surface area contributed by atoms with Crippen molar-refractivity contribution in [2.75, 3.05) is 0 Å². The molecule has 0 aliphatic carbocycles. The van der Waals surface area contributed by atoms with Crippen LogP contribution in [0, 0.1) is 6.92 Å². The maximum atomic E-state index is 5.96. The Bertz CT molecular complexity index is 513. The highest BCUT2D eigenvalue weighted by Crippen LogP contribution is 2.24. The third-order valence-corrected chi connectivity index (χ3v) is 3.22. The van der Waals surface area contributed by atoms with Gasteiger partial charge in [-0.05, 0) is 25.0 Å². The van der Waals surface area contributed by atoms with E-state index in [0.29, 0.717) is 0 Å². The molecule has 78 valence electrons. The molecule has 0 amide bonds. The molecule has 0 fully saturated rings. The van der Waals surface area contributed by atoms with Crippen molar-refractivity contribution >= 4 is 11.0 Å². The van der Waals surface area contributed by atoms with Gasteiger partial charge < -0.3 is 10.3 Å². The van der Waals surface area contributed by atoms with Crippen LogP contribution in [-0.2, 0) is 13.0 Å². The van der Waals surface area contributed by atoms with Crippen molar-refractivity contribution in [3.05, 3.63) is 29.6 Å². The molecule has 0 radical (unpaired) electrons. The van der Waals surface area contributed by atoms with Crippen molar-refractivity contribution < 1.29 is 0 Å². The van der Waals surface area contributed by atoms with Gasteiger partial charge in [-0.15, -0.1) is 0 Å². The van der Waals surface area contributed by atoms with Crippen LogP contribution in [0.4, 0.5) is 0 Å². The number of nitrogens with two attached hydrogens (primary N) is 1. The summed E-state index contributed by atoms with van der Waals surface area (Å²) in [4.78, 5) is 4.65. The fourth-order valence-corrected chi connectivity index (χ4v) is 2.44. The van der Waals surface area contributed by atoms with E-state index in [4.69, 9.17) is 5.73 Å². The molecule has 15 heavy (non-hydrogen) atoms. The van der Waals surface area contributed by atoms with E-state index >= 15 is 0 Å². The molecule has 0 bridgehead atoms. The number of hydrogen-bond donors (Lipinski definition) is 1. The van der Waals surface area contributed by atoms with Gasteiger partial charge >= 0.3 is 0 Å². The van der Waals surface area contributed by atoms with Crippen molar-refractivity contribution in [2.24, 2.45) is 5.73 Å². The van der Waals surface area contributed by atoms with E-state index in [0.717, 1.165) is 30.7 Å². The van der Waals surface area contributed by atoms with Gasteiger partial charge in [0.2, 0.25) is 0 Å². The van der Waals surface area contributed by atoms with E-state index in [-0.39, 0.29) is 6.04 Å². The van der Waals surface area contributed by atoms with Gasteiger partial charge in [0.15, 0.2) is 0 Å². The number of nitrogens with zero attached hydrogens (tertiary/aromatic N) is 2. The van der Waals surface area contributed by atoms with Crippen LogP contribution in [0.2, 0.25) is 0 Å². The van der Waals surface area contributed by atoms with Crippen LogP contribution >= 0.6 is 0 Å². The minimum atomic E-state index is 0.287. The van der Waals surface area contributed by atoms with Gasteiger partial charge in [0, 0.05) is 19.0 Å². The lowest BCUT2D eigenvalue weighted by Crippen LogP contribution is -2.30. The monoisotopic (exact) mass is 201 g/mol. The molecule has 0 saturated heterocycles. The summed E-state index contributed by atoms with van der Waals surface area (Å²) in [6, 6.07) is 6.58. The maximum Gasteiger partial charge on any atom is 0.111 e. The first-order valence-electron chi connectivity index (χ1n) is 5.46. The zero-order valence-corrected chi connectivity index (χ0v) is 8.90. The highest BCUT2D eigenvalue weighted by molar-refractivity contribution is 5.79. The molecule has 1 aliphatic heterocycles. The second kappa shape index (κ2) is 3.07. The average Bonchev–Trinajstić information content (AvgIpc) is 2.56. The first kappa shape index (κ1) is 8.92. The van der Waals surface area contributed by atoms with E-state index in [1.807, 2.05) is 0 Å². The molecule has 3 nitrogen and oxygen atoms in total. The molecule has 2 heterocycles. The Kier molecular flexibility index (Phi) is 1.83. The molecule has 3 heteroatoms. The molecular formula is C12H15N3. The zero-order valence-electron chi connectivity index (χ0n) is 8.90. The van der Waals surface area contributed by atoms with Crippen LogP contribution in [0.3, 0.4) is 0 Å². The number of fused-ring (bicyclic) bond motifs is 3. The summed E-state index contributed by atoms with van der Waals surface area (Å²) in [5, 5.41) is 0. The molecule has 1 aliphatic rings. The van der Waals surface area contributed by atoms with Gasteiger partial charge in [0.05, 0.1) is 11.0 Å². The van der Waals surface area contributed by atoms with Crippen LogP contribution < -0.4 is 5.73 Å². The van der Waals surface area contributed by atoms with Crippen molar-refractivity contribution in [2.45, 2.75) is 32.4 Å². The van der Waals surface area contributed by atoms with Gasteiger partial charge in [-0.1, -0.05) is 12.1 Å². The molecule has 1 unspecified atom stereocenters. The van der Waals surface area contributed by atoms with Crippen molar-refractivity contribution in [1.82, 2.24) is 9.55 Å². The molecule has 2 aromatic rings. The predicted molar refractivity (Wildman–Crippen MR) is 60.8 cm³/mol. The van der Waals surface area contributed by atoms with Gasteiger partial charge in [0.25, 0.3) is 0 Å². The number of imidazole rings is 1. The molecule has 0 spiro atoms. The van der Waals surface area contributed by atoms with Crippen LogP contribution in [0.15, 0.2) is 18.2 Å². The predicted octanol–water partition coefficient (Wildman–Crippen LogP) is 1.62. The second-order valence-corrected chi connectivity index (χ2v) is 4.38. The Morgan fingerprint density at radius 1 is 1.47 bits per heavy atom. The summed E-state index contributed by atoms with van der Waals surface area (Å²) in [6.07, 6.45) is 1.97. The smallest absolute Gasteiger partial charge is 0.111 e. The summed E-state index contributed by atoms with van der Waals surface area (Å²) >= 11 is 0. The van der Waals surface area contributed by atoms with Crippen LogP contribution in [0.5, 0.6) is 0 Å². The summed E-state index contributed by atoms with van der Waals surface area (Å²) in [7, 11) is 0. The number of hydrogen-bond acceptors (Lipinski definition) is 2. The van der Waals surface area contributed by atoms with Crippen LogP contribution in [0.25, 0.3) is 11.0 Å². The minimum absolute atomic E-state index is 0.287. The third-order valence-electron chi connectivity index (χ3n) is 3.22. The Morgan fingerprint density at radius 3 is 3.20 bits per heavy atom. The molecule has 0 saturated carbocycles. The van der Waals surface area contributed by atoms with Crippen LogP contribution in [0.1, 0.15) is 17.8 Å². The lowest BCUT2D eigenvalue weighted by atomic mass is 10.1. The van der Waals surface area contributed by atoms with Crippen molar-refractivity contribution in [3.63, 3.8) is 0 Å². The summed E-state index contributed by atoms with van der Waals surface area (Å²) in [6.45, 7) is 3.16. The first-order valence-corrected chi connectivity index (χ1v) is 5.46. The van der Waals surface area contributed by atoms with Gasteiger partial charge in [-0.2, -0.15) is 0 Å². The summed E-state index contributed by atoms with van der Waals surface area (Å²) < 4.78 is 2.33. The lowest BCUT2D eigenvalue weighted by Gasteiger charge is -2.20. The SMILES string of the molecule is Cc1cccc2nc3n(c12)CCC(N)C3. The van der Waals surface area contributed by atoms with Gasteiger partial charge in [-0.25, -0.2) is 4.98 Å². The van der Waals surface area contributed by atoms with E-state index < -0.39 is 0 Å². The minimum Gasteiger partial charge on any atom is -0.328 e. The summed E-state index contributed by atoms with van der Waals surface area (Å²) in [5.41, 5.74) is 9.66. The molecular weight excluding hydrogens is 186 g/mol. The average molecular weight is 201 g/mol. The highest BCUT2D eigenvalue weighted by Gasteiger charge is 2.19. The topological polar surface area (TPSA) is 43.8 Å². The van der Waals surface area contributed by atoms with Crippen molar-refractivity contribution in [1.29, 1.82) is 0 Å². The Hall–Kier alpha value is -1.35. The third kappa shape index (κ3) is 1.27. The Labute approximate surface area is 88.9 Å². The normalized spacial score (nSPS) is 20.5. The summed E-state index contributed by atoms with van der Waals surface area (Å²) in [5.74, 6) is 1.15. The number of rotatable bonds is 0. The molecule has 3 rings (SSSR count). The Morgan fingerprint density at radius 2 is 2.33 bits per heavy atom. The Balaban J connectivity index is 2.29. The van der Waals surface area contributed by atoms with E-state index in [1.165, 1.54) is 11.1 Å². The number of benzene rings is 1. The molecule has 2 N–H and O–H groups in total. The molecule has 1 aromatic heterocycles. The number of para-hydroxylation sites is 1. The molecule has 1 aromatic carbocycles. The standard InChI is InChI=1S/C12H15N3/c1-8-3-2-4-10-12(8)15-6-5-9(13)7-11(15)14-10/h2-4,9H,5-7,13H2,1H3. The van der Waals surface area contributed by atoms with E-state index in [9.17, 15) is 0 Å². The first-order chi connectivity index (χ1) is 7.25. The van der Waals surface area contributed by atoms with Gasteiger partial charge in [-0.3, -0.25) is 0 Å². The zero-order chi connectivity index (χ0) is 10.4. The molecule has 1 atom stereocenters. The largest absolute Gasteiger partial charge is 0.328 e. The lowest BCUT2D eigenvalue weighted by molar-refractivity contribution is 0.470. The highest BCUT2D eigenvalue weighted by atomic mass is 15.1. The van der Waals surface area contributed by atoms with E-state index in [2.05, 4.69) is 34.7 Å². The van der Waals surface area contributed by atoms with E-state index in [1.54, 1.807) is 0 Å². The fourth-order valence-electron chi connectivity index (χ4n) is 2.44. The van der Waals surface area contributed by atoms with Crippen LogP contribution in [-0.4, -0.2) is 15.6 Å².